The molecule has 10 nitrogen and oxygen atoms in total. The summed E-state index contributed by atoms with van der Waals surface area (Å²) in [6.45, 7) is 3.65. The first kappa shape index (κ1) is 29.8. The van der Waals surface area contributed by atoms with Crippen molar-refractivity contribution in [3.05, 3.63) is 48.0 Å². The van der Waals surface area contributed by atoms with Gasteiger partial charge < -0.3 is 24.4 Å². The SMILES string of the molecule is CCCCNC(=O)C(C)N(Cc1cccc(OC)c1)C(=O)CN(c1cc(OC)ccc1OC)S(C)(=O)=O. The van der Waals surface area contributed by atoms with Crippen LogP contribution in [0.25, 0.3) is 0 Å². The minimum atomic E-state index is -3.92. The number of methoxy groups -OCH3 is 3. The fourth-order valence-corrected chi connectivity index (χ4v) is 4.52. The number of nitrogens with zero attached hydrogens (tertiary/aromatic N) is 2. The molecule has 1 atom stereocenters. The quantitative estimate of drug-likeness (QED) is 0.370. The predicted molar refractivity (Wildman–Crippen MR) is 143 cm³/mol. The van der Waals surface area contributed by atoms with Gasteiger partial charge in [0.25, 0.3) is 0 Å². The second-order valence-corrected chi connectivity index (χ2v) is 10.4. The highest BCUT2D eigenvalue weighted by atomic mass is 32.2. The maximum atomic E-state index is 13.7. The van der Waals surface area contributed by atoms with Crippen molar-refractivity contribution in [1.82, 2.24) is 10.2 Å². The fourth-order valence-electron chi connectivity index (χ4n) is 3.67. The third-order valence-corrected chi connectivity index (χ3v) is 6.94. The van der Waals surface area contributed by atoms with Gasteiger partial charge >= 0.3 is 0 Å². The maximum absolute atomic E-state index is 13.7. The molecule has 0 saturated heterocycles. The standard InChI is InChI=1S/C26H37N3O7S/c1-7-8-14-27-26(31)19(2)28(17-20-10-9-11-21(15-20)34-3)25(30)18-29(37(6,32)33)23-16-22(35-4)12-13-24(23)36-5/h9-13,15-16,19H,7-8,14,17-18H2,1-6H3,(H,27,31). The summed E-state index contributed by atoms with van der Waals surface area (Å²) in [5.41, 5.74) is 0.879. The number of rotatable bonds is 14. The van der Waals surface area contributed by atoms with Gasteiger partial charge in [0.2, 0.25) is 21.8 Å². The van der Waals surface area contributed by atoms with Crippen molar-refractivity contribution in [3.63, 3.8) is 0 Å². The van der Waals surface area contributed by atoms with Crippen molar-refractivity contribution >= 4 is 27.5 Å². The molecular weight excluding hydrogens is 498 g/mol. The average Bonchev–Trinajstić information content (AvgIpc) is 2.88. The van der Waals surface area contributed by atoms with Gasteiger partial charge in [0.05, 0.1) is 33.3 Å². The van der Waals surface area contributed by atoms with E-state index in [4.69, 9.17) is 14.2 Å². The molecule has 1 N–H and O–H groups in total. The zero-order valence-corrected chi connectivity index (χ0v) is 23.1. The van der Waals surface area contributed by atoms with Crippen LogP contribution in [0.15, 0.2) is 42.5 Å². The van der Waals surface area contributed by atoms with Crippen LogP contribution in [0.1, 0.15) is 32.3 Å². The second kappa shape index (κ2) is 13.7. The molecule has 0 aliphatic heterocycles. The van der Waals surface area contributed by atoms with E-state index in [1.165, 1.54) is 32.3 Å². The summed E-state index contributed by atoms with van der Waals surface area (Å²) in [6, 6.07) is 11.0. The Morgan fingerprint density at radius 1 is 1.00 bits per heavy atom. The number of amides is 2. The molecule has 0 aromatic heterocycles. The Hall–Kier alpha value is -3.47. The third kappa shape index (κ3) is 8.28. The molecule has 0 aliphatic carbocycles. The van der Waals surface area contributed by atoms with E-state index in [0.29, 0.717) is 18.0 Å². The zero-order chi connectivity index (χ0) is 27.6. The summed E-state index contributed by atoms with van der Waals surface area (Å²) in [6.07, 6.45) is 2.72. The molecule has 0 fully saturated rings. The van der Waals surface area contributed by atoms with Crippen LogP contribution >= 0.6 is 0 Å². The van der Waals surface area contributed by atoms with Gasteiger partial charge in [-0.25, -0.2) is 8.42 Å². The number of carbonyl (C=O) groups is 2. The Labute approximate surface area is 219 Å². The number of sulfonamides is 1. The minimum absolute atomic E-state index is 0.0746. The zero-order valence-electron chi connectivity index (χ0n) is 22.3. The first-order chi connectivity index (χ1) is 17.5. The van der Waals surface area contributed by atoms with Gasteiger partial charge in [-0.15, -0.1) is 0 Å². The summed E-state index contributed by atoms with van der Waals surface area (Å²) in [5.74, 6) is 0.368. The molecule has 2 amide bonds. The van der Waals surface area contributed by atoms with Crippen molar-refractivity contribution < 1.29 is 32.2 Å². The molecule has 2 aromatic carbocycles. The van der Waals surface area contributed by atoms with Crippen LogP contribution in [0.5, 0.6) is 17.2 Å². The first-order valence-corrected chi connectivity index (χ1v) is 13.8. The summed E-state index contributed by atoms with van der Waals surface area (Å²) in [4.78, 5) is 28.0. The largest absolute Gasteiger partial charge is 0.497 e. The van der Waals surface area contributed by atoms with Gasteiger partial charge in [0.15, 0.2) is 0 Å². The molecule has 11 heteroatoms. The lowest BCUT2D eigenvalue weighted by Gasteiger charge is -2.32. The molecule has 0 aliphatic rings. The van der Waals surface area contributed by atoms with Crippen molar-refractivity contribution in [2.45, 2.75) is 39.3 Å². The predicted octanol–water partition coefficient (Wildman–Crippen LogP) is 2.81. The average molecular weight is 536 g/mol. The number of unbranched alkanes of at least 4 members (excludes halogenated alkanes) is 1. The summed E-state index contributed by atoms with van der Waals surface area (Å²) < 4.78 is 42.5. The summed E-state index contributed by atoms with van der Waals surface area (Å²) >= 11 is 0. The Balaban J connectivity index is 2.46. The van der Waals surface area contributed by atoms with Crippen LogP contribution in [0, 0.1) is 0 Å². The molecule has 0 bridgehead atoms. The minimum Gasteiger partial charge on any atom is -0.497 e. The molecule has 0 heterocycles. The number of hydrogen-bond donors (Lipinski definition) is 1. The lowest BCUT2D eigenvalue weighted by atomic mass is 10.1. The fraction of sp³-hybridized carbons (Fsp3) is 0.462. The molecule has 0 saturated carbocycles. The Bertz CT molecular complexity index is 1170. The van der Waals surface area contributed by atoms with Crippen LogP contribution in [0.3, 0.4) is 0 Å². The smallest absolute Gasteiger partial charge is 0.244 e. The topological polar surface area (TPSA) is 114 Å². The molecule has 2 aromatic rings. The van der Waals surface area contributed by atoms with Gasteiger partial charge in [0, 0.05) is 19.2 Å². The number of hydrogen-bond acceptors (Lipinski definition) is 7. The Morgan fingerprint density at radius 2 is 1.68 bits per heavy atom. The van der Waals surface area contributed by atoms with Crippen LogP contribution in [0.2, 0.25) is 0 Å². The van der Waals surface area contributed by atoms with Crippen LogP contribution in [-0.4, -0.2) is 71.8 Å². The van der Waals surface area contributed by atoms with Crippen molar-refractivity contribution in [2.24, 2.45) is 0 Å². The highest BCUT2D eigenvalue weighted by Gasteiger charge is 2.31. The van der Waals surface area contributed by atoms with Gasteiger partial charge in [-0.05, 0) is 43.2 Å². The Kier molecular flexibility index (Phi) is 11.0. The molecule has 0 spiro atoms. The van der Waals surface area contributed by atoms with Crippen LogP contribution < -0.4 is 23.8 Å². The van der Waals surface area contributed by atoms with E-state index in [1.807, 2.05) is 13.0 Å². The van der Waals surface area contributed by atoms with Gasteiger partial charge in [-0.1, -0.05) is 25.5 Å². The van der Waals surface area contributed by atoms with E-state index >= 15 is 0 Å². The summed E-state index contributed by atoms with van der Waals surface area (Å²) in [7, 11) is 0.480. The number of benzene rings is 2. The molecular formula is C26H37N3O7S. The van der Waals surface area contributed by atoms with Crippen LogP contribution in [0.4, 0.5) is 5.69 Å². The van der Waals surface area contributed by atoms with Crippen molar-refractivity contribution in [1.29, 1.82) is 0 Å². The maximum Gasteiger partial charge on any atom is 0.244 e. The number of ether oxygens (including phenoxy) is 3. The highest BCUT2D eigenvalue weighted by molar-refractivity contribution is 7.92. The third-order valence-electron chi connectivity index (χ3n) is 5.82. The second-order valence-electron chi connectivity index (χ2n) is 8.50. The number of nitrogens with one attached hydrogen (secondary N) is 1. The highest BCUT2D eigenvalue weighted by Crippen LogP contribution is 2.34. The van der Waals surface area contributed by atoms with E-state index in [2.05, 4.69) is 5.32 Å². The first-order valence-electron chi connectivity index (χ1n) is 12.0. The molecule has 37 heavy (non-hydrogen) atoms. The van der Waals surface area contributed by atoms with Gasteiger partial charge in [-0.2, -0.15) is 0 Å². The molecule has 1 unspecified atom stereocenters. The van der Waals surface area contributed by atoms with E-state index in [0.717, 1.165) is 29.0 Å². The van der Waals surface area contributed by atoms with Crippen molar-refractivity contribution in [2.75, 3.05) is 45.0 Å². The van der Waals surface area contributed by atoms with Crippen molar-refractivity contribution in [3.8, 4) is 17.2 Å². The van der Waals surface area contributed by atoms with Crippen LogP contribution in [-0.2, 0) is 26.2 Å². The monoisotopic (exact) mass is 535 g/mol. The van der Waals surface area contributed by atoms with Gasteiger partial charge in [0.1, 0.15) is 29.8 Å². The van der Waals surface area contributed by atoms with Gasteiger partial charge in [-0.3, -0.25) is 13.9 Å². The lowest BCUT2D eigenvalue weighted by molar-refractivity contribution is -0.139. The van der Waals surface area contributed by atoms with E-state index < -0.39 is 28.5 Å². The number of carbonyl (C=O) groups excluding carboxylic acids is 2. The summed E-state index contributed by atoms with van der Waals surface area (Å²) in [5, 5.41) is 2.85. The van der Waals surface area contributed by atoms with E-state index in [-0.39, 0.29) is 23.9 Å². The lowest BCUT2D eigenvalue weighted by Crippen LogP contribution is -2.51. The number of anilines is 1. The van der Waals surface area contributed by atoms with E-state index in [1.54, 1.807) is 37.3 Å². The Morgan fingerprint density at radius 3 is 2.27 bits per heavy atom. The molecule has 0 radical (unpaired) electrons. The molecule has 204 valence electrons. The van der Waals surface area contributed by atoms with E-state index in [9.17, 15) is 18.0 Å². The normalized spacial score (nSPS) is 11.8. The molecule has 2 rings (SSSR count).